The third-order valence-corrected chi connectivity index (χ3v) is 3.45. The molecule has 3 aromatic rings. The first-order chi connectivity index (χ1) is 11.0. The van der Waals surface area contributed by atoms with Crippen LogP contribution in [0.4, 0.5) is 24.9 Å². The summed E-state index contributed by atoms with van der Waals surface area (Å²) in [6.45, 7) is 0.520. The van der Waals surface area contributed by atoms with Crippen molar-refractivity contribution in [3.05, 3.63) is 72.2 Å². The van der Waals surface area contributed by atoms with Crippen LogP contribution in [0, 0.1) is 0 Å². The summed E-state index contributed by atoms with van der Waals surface area (Å²) in [7, 11) is 0. The Labute approximate surface area is 130 Å². The van der Waals surface area contributed by atoms with E-state index >= 15 is 0 Å². The molecule has 2 aromatic heterocycles. The summed E-state index contributed by atoms with van der Waals surface area (Å²) in [5.74, 6) is 1.23. The fraction of sp³-hybridized carbons (Fsp3) is 0.176. The molecule has 0 aliphatic rings. The van der Waals surface area contributed by atoms with Crippen LogP contribution < -0.4 is 4.90 Å². The molecule has 0 atom stereocenters. The van der Waals surface area contributed by atoms with Gasteiger partial charge in [-0.2, -0.15) is 13.2 Å². The highest BCUT2D eigenvalue weighted by Crippen LogP contribution is 2.30. The maximum atomic E-state index is 12.6. The standard InChI is InChI=1S/C17H14F3NO2/c18-17(19,20)14-7-5-13(6-8-14)9-10-21(15-3-1-11-22-15)16-4-2-12-23-16/h1-8,11-12H,9-10H2. The van der Waals surface area contributed by atoms with Crippen molar-refractivity contribution in [2.45, 2.75) is 12.6 Å². The Morgan fingerprint density at radius 3 is 1.83 bits per heavy atom. The summed E-state index contributed by atoms with van der Waals surface area (Å²) >= 11 is 0. The van der Waals surface area contributed by atoms with Crippen LogP contribution in [-0.4, -0.2) is 6.54 Å². The van der Waals surface area contributed by atoms with Gasteiger partial charge in [0.25, 0.3) is 0 Å². The van der Waals surface area contributed by atoms with Gasteiger partial charge in [-0.1, -0.05) is 12.1 Å². The molecule has 2 heterocycles. The smallest absolute Gasteiger partial charge is 0.416 e. The van der Waals surface area contributed by atoms with E-state index in [0.717, 1.165) is 17.7 Å². The van der Waals surface area contributed by atoms with Crippen molar-refractivity contribution in [3.63, 3.8) is 0 Å². The summed E-state index contributed by atoms with van der Waals surface area (Å²) in [4.78, 5) is 1.83. The number of halogens is 3. The topological polar surface area (TPSA) is 29.5 Å². The minimum atomic E-state index is -4.31. The number of benzene rings is 1. The number of hydrogen-bond acceptors (Lipinski definition) is 3. The van der Waals surface area contributed by atoms with Crippen molar-refractivity contribution in [2.24, 2.45) is 0 Å². The lowest BCUT2D eigenvalue weighted by molar-refractivity contribution is -0.137. The van der Waals surface area contributed by atoms with Crippen LogP contribution in [0.3, 0.4) is 0 Å². The molecule has 0 spiro atoms. The van der Waals surface area contributed by atoms with Gasteiger partial charge < -0.3 is 8.83 Å². The van der Waals surface area contributed by atoms with E-state index in [1.807, 2.05) is 4.90 Å². The molecule has 0 unspecified atom stereocenters. The third-order valence-electron chi connectivity index (χ3n) is 3.45. The second-order valence-electron chi connectivity index (χ2n) is 5.00. The van der Waals surface area contributed by atoms with E-state index in [1.54, 1.807) is 36.8 Å². The second-order valence-corrected chi connectivity index (χ2v) is 5.00. The summed E-state index contributed by atoms with van der Waals surface area (Å²) in [5, 5.41) is 0. The monoisotopic (exact) mass is 321 g/mol. The molecule has 0 aliphatic heterocycles. The van der Waals surface area contributed by atoms with Crippen molar-refractivity contribution in [1.29, 1.82) is 0 Å². The molecule has 3 nitrogen and oxygen atoms in total. The molecule has 0 aliphatic carbocycles. The van der Waals surface area contributed by atoms with Crippen LogP contribution >= 0.6 is 0 Å². The number of rotatable bonds is 5. The molecular formula is C17H14F3NO2. The molecule has 0 fully saturated rings. The van der Waals surface area contributed by atoms with Gasteiger partial charge in [0.2, 0.25) is 11.8 Å². The Morgan fingerprint density at radius 1 is 0.826 bits per heavy atom. The largest absolute Gasteiger partial charge is 0.448 e. The van der Waals surface area contributed by atoms with E-state index in [0.29, 0.717) is 24.7 Å². The minimum absolute atomic E-state index is 0.520. The fourth-order valence-electron chi connectivity index (χ4n) is 2.28. The van der Waals surface area contributed by atoms with E-state index in [4.69, 9.17) is 8.83 Å². The van der Waals surface area contributed by atoms with Crippen LogP contribution in [0.2, 0.25) is 0 Å². The van der Waals surface area contributed by atoms with Gasteiger partial charge in [0.1, 0.15) is 0 Å². The minimum Gasteiger partial charge on any atom is -0.448 e. The number of furan rings is 2. The molecule has 1 aromatic carbocycles. The molecule has 120 valence electrons. The van der Waals surface area contributed by atoms with E-state index < -0.39 is 11.7 Å². The van der Waals surface area contributed by atoms with Crippen molar-refractivity contribution in [3.8, 4) is 0 Å². The predicted molar refractivity (Wildman–Crippen MR) is 79.6 cm³/mol. The number of hydrogen-bond donors (Lipinski definition) is 0. The zero-order valence-corrected chi connectivity index (χ0v) is 12.1. The van der Waals surface area contributed by atoms with E-state index in [-0.39, 0.29) is 0 Å². The summed E-state index contributed by atoms with van der Waals surface area (Å²) < 4.78 is 48.5. The van der Waals surface area contributed by atoms with E-state index in [1.165, 1.54) is 12.1 Å². The maximum Gasteiger partial charge on any atom is 0.416 e. The molecule has 23 heavy (non-hydrogen) atoms. The molecule has 0 saturated heterocycles. The van der Waals surface area contributed by atoms with Gasteiger partial charge in [0.15, 0.2) is 0 Å². The number of anilines is 2. The number of nitrogens with zero attached hydrogens (tertiary/aromatic N) is 1. The summed E-state index contributed by atoms with van der Waals surface area (Å²) in [5.41, 5.74) is 0.163. The Hall–Kier alpha value is -2.63. The average Bonchev–Trinajstić information content (AvgIpc) is 3.21. The molecule has 0 bridgehead atoms. The average molecular weight is 321 g/mol. The van der Waals surface area contributed by atoms with Crippen LogP contribution in [0.1, 0.15) is 11.1 Å². The Kier molecular flexibility index (Phi) is 4.14. The van der Waals surface area contributed by atoms with Crippen molar-refractivity contribution >= 4 is 11.8 Å². The Balaban J connectivity index is 1.72. The molecular weight excluding hydrogens is 307 g/mol. The van der Waals surface area contributed by atoms with Crippen molar-refractivity contribution in [2.75, 3.05) is 11.4 Å². The van der Waals surface area contributed by atoms with Gasteiger partial charge in [-0.25, -0.2) is 0 Å². The quantitative estimate of drug-likeness (QED) is 0.641. The molecule has 0 N–H and O–H groups in total. The first-order valence-electron chi connectivity index (χ1n) is 7.05. The van der Waals surface area contributed by atoms with Crippen LogP contribution in [0.15, 0.2) is 69.9 Å². The lowest BCUT2D eigenvalue weighted by atomic mass is 10.1. The third kappa shape index (κ3) is 3.59. The lowest BCUT2D eigenvalue weighted by Crippen LogP contribution is -2.19. The lowest BCUT2D eigenvalue weighted by Gasteiger charge is -2.19. The van der Waals surface area contributed by atoms with Gasteiger partial charge in [0, 0.05) is 18.7 Å². The maximum absolute atomic E-state index is 12.6. The van der Waals surface area contributed by atoms with Gasteiger partial charge in [-0.3, -0.25) is 4.90 Å². The zero-order chi connectivity index (χ0) is 16.3. The van der Waals surface area contributed by atoms with Crippen molar-refractivity contribution < 1.29 is 22.0 Å². The van der Waals surface area contributed by atoms with Crippen LogP contribution in [0.5, 0.6) is 0 Å². The molecule has 3 rings (SSSR count). The SMILES string of the molecule is FC(F)(F)c1ccc(CCN(c2ccco2)c2ccco2)cc1. The zero-order valence-electron chi connectivity index (χ0n) is 12.1. The normalized spacial score (nSPS) is 11.6. The highest BCUT2D eigenvalue weighted by Gasteiger charge is 2.29. The Morgan fingerprint density at radius 2 is 1.39 bits per heavy atom. The van der Waals surface area contributed by atoms with E-state index in [9.17, 15) is 13.2 Å². The molecule has 0 radical (unpaired) electrons. The van der Waals surface area contributed by atoms with Crippen molar-refractivity contribution in [1.82, 2.24) is 0 Å². The highest BCUT2D eigenvalue weighted by atomic mass is 19.4. The number of alkyl halides is 3. The van der Waals surface area contributed by atoms with Crippen LogP contribution in [-0.2, 0) is 12.6 Å². The van der Waals surface area contributed by atoms with Crippen LogP contribution in [0.25, 0.3) is 0 Å². The first kappa shape index (κ1) is 15.3. The Bertz CT molecular complexity index is 682. The van der Waals surface area contributed by atoms with Gasteiger partial charge in [0.05, 0.1) is 18.1 Å². The molecule has 6 heteroatoms. The fourth-order valence-corrected chi connectivity index (χ4v) is 2.28. The summed E-state index contributed by atoms with van der Waals surface area (Å²) in [6, 6.07) is 12.3. The summed E-state index contributed by atoms with van der Waals surface area (Å²) in [6.07, 6.45) is -0.640. The van der Waals surface area contributed by atoms with Gasteiger partial charge >= 0.3 is 6.18 Å². The first-order valence-corrected chi connectivity index (χ1v) is 7.05. The predicted octanol–water partition coefficient (Wildman–Crippen LogP) is 5.27. The highest BCUT2D eigenvalue weighted by molar-refractivity contribution is 5.52. The molecule has 0 saturated carbocycles. The molecule has 0 amide bonds. The van der Waals surface area contributed by atoms with E-state index in [2.05, 4.69) is 0 Å². The second kappa shape index (κ2) is 6.24. The van der Waals surface area contributed by atoms with Gasteiger partial charge in [-0.15, -0.1) is 0 Å². The van der Waals surface area contributed by atoms with Gasteiger partial charge in [-0.05, 0) is 36.2 Å².